The van der Waals surface area contributed by atoms with Gasteiger partial charge in [0.15, 0.2) is 0 Å². The van der Waals surface area contributed by atoms with Crippen LogP contribution in [0.5, 0.6) is 0 Å². The molecule has 98 valence electrons. The average molecular weight is 263 g/mol. The summed E-state index contributed by atoms with van der Waals surface area (Å²) < 4.78 is 5.76. The fourth-order valence-corrected chi connectivity index (χ4v) is 4.76. The van der Waals surface area contributed by atoms with Crippen LogP contribution in [0, 0.1) is 5.41 Å². The molecule has 3 unspecified atom stereocenters. The number of fused-ring (bicyclic) bond motifs is 1. The zero-order valence-corrected chi connectivity index (χ0v) is 11.7. The van der Waals surface area contributed by atoms with E-state index in [4.69, 9.17) is 10.5 Å². The molecule has 1 aromatic carbocycles. The van der Waals surface area contributed by atoms with E-state index in [1.54, 1.807) is 0 Å². The highest BCUT2D eigenvalue weighted by Crippen LogP contribution is 2.46. The van der Waals surface area contributed by atoms with Crippen LogP contribution < -0.4 is 5.73 Å². The Morgan fingerprint density at radius 3 is 2.94 bits per heavy atom. The van der Waals surface area contributed by atoms with Crippen molar-refractivity contribution >= 4 is 11.8 Å². The zero-order chi connectivity index (χ0) is 12.6. The summed E-state index contributed by atoms with van der Waals surface area (Å²) in [6.45, 7) is 3.82. The van der Waals surface area contributed by atoms with Crippen LogP contribution in [0.1, 0.15) is 25.3 Å². The molecule has 3 rings (SSSR count). The van der Waals surface area contributed by atoms with Crippen molar-refractivity contribution in [2.45, 2.75) is 42.4 Å². The first kappa shape index (κ1) is 12.5. The van der Waals surface area contributed by atoms with Gasteiger partial charge in [0.2, 0.25) is 0 Å². The van der Waals surface area contributed by atoms with Gasteiger partial charge in [0, 0.05) is 28.7 Å². The Morgan fingerprint density at radius 2 is 2.28 bits per heavy atom. The lowest BCUT2D eigenvalue weighted by atomic mass is 9.77. The third-order valence-electron chi connectivity index (χ3n) is 4.58. The smallest absolute Gasteiger partial charge is 0.0616 e. The number of rotatable bonds is 3. The lowest BCUT2D eigenvalue weighted by Gasteiger charge is -2.33. The van der Waals surface area contributed by atoms with Gasteiger partial charge in [0.05, 0.1) is 6.10 Å². The Balaban J connectivity index is 1.72. The SMILES string of the molecule is CC1OCCC1(CN)CC1Cc2ccccc2S1. The van der Waals surface area contributed by atoms with Crippen LogP contribution in [-0.2, 0) is 11.2 Å². The summed E-state index contributed by atoms with van der Waals surface area (Å²) in [5.41, 5.74) is 7.77. The molecule has 0 saturated carbocycles. The second-order valence-corrected chi connectivity index (χ2v) is 6.93. The molecule has 0 radical (unpaired) electrons. The van der Waals surface area contributed by atoms with E-state index in [0.717, 1.165) is 19.6 Å². The molecule has 2 nitrogen and oxygen atoms in total. The molecule has 0 spiro atoms. The molecule has 18 heavy (non-hydrogen) atoms. The molecule has 0 amide bonds. The Labute approximate surface area is 113 Å². The quantitative estimate of drug-likeness (QED) is 0.911. The monoisotopic (exact) mass is 263 g/mol. The molecule has 0 bridgehead atoms. The molecule has 2 heterocycles. The van der Waals surface area contributed by atoms with Gasteiger partial charge in [-0.15, -0.1) is 11.8 Å². The molecule has 2 aliphatic rings. The number of hydrogen-bond donors (Lipinski definition) is 1. The van der Waals surface area contributed by atoms with E-state index in [1.165, 1.54) is 23.3 Å². The largest absolute Gasteiger partial charge is 0.378 e. The van der Waals surface area contributed by atoms with Gasteiger partial charge in [-0.25, -0.2) is 0 Å². The summed E-state index contributed by atoms with van der Waals surface area (Å²) in [5.74, 6) is 0. The molecule has 2 N–H and O–H groups in total. The van der Waals surface area contributed by atoms with Crippen molar-refractivity contribution in [3.63, 3.8) is 0 Å². The molecule has 1 aromatic rings. The van der Waals surface area contributed by atoms with Crippen molar-refractivity contribution < 1.29 is 4.74 Å². The third kappa shape index (κ3) is 2.09. The van der Waals surface area contributed by atoms with Crippen LogP contribution in [0.15, 0.2) is 29.2 Å². The molecule has 1 saturated heterocycles. The lowest BCUT2D eigenvalue weighted by Crippen LogP contribution is -2.39. The van der Waals surface area contributed by atoms with Crippen LogP contribution in [0.4, 0.5) is 0 Å². The number of benzene rings is 1. The number of thioether (sulfide) groups is 1. The van der Waals surface area contributed by atoms with Gasteiger partial charge < -0.3 is 10.5 Å². The summed E-state index contributed by atoms with van der Waals surface area (Å²) in [4.78, 5) is 1.46. The van der Waals surface area contributed by atoms with E-state index in [2.05, 4.69) is 31.2 Å². The van der Waals surface area contributed by atoms with Gasteiger partial charge >= 0.3 is 0 Å². The van der Waals surface area contributed by atoms with Crippen LogP contribution in [0.25, 0.3) is 0 Å². The molecule has 0 aliphatic carbocycles. The molecule has 3 heteroatoms. The van der Waals surface area contributed by atoms with Crippen LogP contribution >= 0.6 is 11.8 Å². The van der Waals surface area contributed by atoms with Crippen LogP contribution in [0.3, 0.4) is 0 Å². The van der Waals surface area contributed by atoms with E-state index in [0.29, 0.717) is 11.4 Å². The predicted octanol–water partition coefficient (Wildman–Crippen LogP) is 2.85. The standard InChI is InChI=1S/C15H21NOS/c1-11-15(10-16,6-7-17-11)9-13-8-12-4-2-3-5-14(12)18-13/h2-5,11,13H,6-10,16H2,1H3. The molecule has 3 atom stereocenters. The Morgan fingerprint density at radius 1 is 1.44 bits per heavy atom. The Bertz CT molecular complexity index is 411. The number of hydrogen-bond acceptors (Lipinski definition) is 3. The first-order chi connectivity index (χ1) is 8.73. The van der Waals surface area contributed by atoms with Gasteiger partial charge in [-0.3, -0.25) is 0 Å². The van der Waals surface area contributed by atoms with Crippen LogP contribution in [-0.4, -0.2) is 24.5 Å². The van der Waals surface area contributed by atoms with Crippen molar-refractivity contribution in [1.29, 1.82) is 0 Å². The summed E-state index contributed by atoms with van der Waals surface area (Å²) in [5, 5.41) is 0.676. The molecular formula is C15H21NOS. The first-order valence-corrected chi connectivity index (χ1v) is 7.68. The Kier molecular flexibility index (Phi) is 3.39. The maximum absolute atomic E-state index is 6.05. The maximum Gasteiger partial charge on any atom is 0.0616 e. The van der Waals surface area contributed by atoms with E-state index in [-0.39, 0.29) is 5.41 Å². The fraction of sp³-hybridized carbons (Fsp3) is 0.600. The Hall–Kier alpha value is -0.510. The van der Waals surface area contributed by atoms with E-state index in [1.807, 2.05) is 11.8 Å². The second-order valence-electron chi connectivity index (χ2n) is 5.59. The van der Waals surface area contributed by atoms with Crippen molar-refractivity contribution in [3.8, 4) is 0 Å². The molecule has 0 aromatic heterocycles. The number of ether oxygens (including phenoxy) is 1. The fourth-order valence-electron chi connectivity index (χ4n) is 3.26. The van der Waals surface area contributed by atoms with Crippen LogP contribution in [0.2, 0.25) is 0 Å². The summed E-state index contributed by atoms with van der Waals surface area (Å²) >= 11 is 2.03. The van der Waals surface area contributed by atoms with Gasteiger partial charge in [-0.2, -0.15) is 0 Å². The summed E-state index contributed by atoms with van der Waals surface area (Å²) in [7, 11) is 0. The molecular weight excluding hydrogens is 242 g/mol. The topological polar surface area (TPSA) is 35.2 Å². The van der Waals surface area contributed by atoms with E-state index in [9.17, 15) is 0 Å². The number of nitrogens with two attached hydrogens (primary N) is 1. The second kappa shape index (κ2) is 4.87. The zero-order valence-electron chi connectivity index (χ0n) is 10.9. The summed E-state index contributed by atoms with van der Waals surface area (Å²) in [6.07, 6.45) is 3.81. The van der Waals surface area contributed by atoms with Crippen molar-refractivity contribution in [2.24, 2.45) is 11.1 Å². The van der Waals surface area contributed by atoms with Crippen molar-refractivity contribution in [2.75, 3.05) is 13.2 Å². The highest BCUT2D eigenvalue weighted by Gasteiger charge is 2.43. The van der Waals surface area contributed by atoms with Gasteiger partial charge in [0.1, 0.15) is 0 Å². The summed E-state index contributed by atoms with van der Waals surface area (Å²) in [6, 6.07) is 8.77. The molecule has 2 aliphatic heterocycles. The normalized spacial score (nSPS) is 34.8. The van der Waals surface area contributed by atoms with Crippen molar-refractivity contribution in [3.05, 3.63) is 29.8 Å². The molecule has 1 fully saturated rings. The van der Waals surface area contributed by atoms with Crippen molar-refractivity contribution in [1.82, 2.24) is 0 Å². The highest BCUT2D eigenvalue weighted by molar-refractivity contribution is 8.00. The maximum atomic E-state index is 6.05. The average Bonchev–Trinajstić information content (AvgIpc) is 2.94. The minimum Gasteiger partial charge on any atom is -0.378 e. The van der Waals surface area contributed by atoms with Gasteiger partial charge in [-0.1, -0.05) is 18.2 Å². The lowest BCUT2D eigenvalue weighted by molar-refractivity contribution is 0.0629. The highest BCUT2D eigenvalue weighted by atomic mass is 32.2. The van der Waals surface area contributed by atoms with Gasteiger partial charge in [-0.05, 0) is 37.8 Å². The predicted molar refractivity (Wildman–Crippen MR) is 75.9 cm³/mol. The third-order valence-corrected chi connectivity index (χ3v) is 5.90. The minimum absolute atomic E-state index is 0.208. The first-order valence-electron chi connectivity index (χ1n) is 6.80. The minimum atomic E-state index is 0.208. The van der Waals surface area contributed by atoms with Gasteiger partial charge in [0.25, 0.3) is 0 Å². The van der Waals surface area contributed by atoms with E-state index >= 15 is 0 Å². The van der Waals surface area contributed by atoms with E-state index < -0.39 is 0 Å².